The number of ether oxygens (including phenoxy) is 1. The number of nitrogens with zero attached hydrogens (tertiary/aromatic N) is 4. The van der Waals surface area contributed by atoms with E-state index in [1.165, 1.54) is 20.7 Å². The molecule has 9 heteroatoms. The van der Waals surface area contributed by atoms with Gasteiger partial charge in [-0.2, -0.15) is 9.36 Å². The van der Waals surface area contributed by atoms with Crippen molar-refractivity contribution in [2.24, 2.45) is 0 Å². The van der Waals surface area contributed by atoms with Gasteiger partial charge < -0.3 is 4.74 Å². The second-order valence-corrected chi connectivity index (χ2v) is 6.04. The molecule has 0 spiro atoms. The van der Waals surface area contributed by atoms with Gasteiger partial charge in [-0.3, -0.25) is 0 Å². The highest BCUT2D eigenvalue weighted by Gasteiger charge is 2.10. The van der Waals surface area contributed by atoms with Crippen molar-refractivity contribution in [3.63, 3.8) is 0 Å². The van der Waals surface area contributed by atoms with Gasteiger partial charge in [-0.25, -0.2) is 4.79 Å². The Balaban J connectivity index is 1.66. The number of tetrazole rings is 1. The molecule has 0 N–H and O–H groups in total. The van der Waals surface area contributed by atoms with E-state index in [1.54, 1.807) is 24.3 Å². The summed E-state index contributed by atoms with van der Waals surface area (Å²) in [6.07, 6.45) is 0. The lowest BCUT2D eigenvalue weighted by atomic mass is 10.3. The van der Waals surface area contributed by atoms with E-state index in [-0.39, 0.29) is 18.8 Å². The van der Waals surface area contributed by atoms with E-state index >= 15 is 0 Å². The zero-order chi connectivity index (χ0) is 15.5. The highest BCUT2D eigenvalue weighted by molar-refractivity contribution is 7.12. The standard InChI is InChI=1S/C13H10Cl2N4O2S/c14-9-3-4-11(10(15)8-9)21-6-5-18-13(20)19(17-16-18)12-2-1-7-22-12/h1-4,7-8H,5-6H2. The fourth-order valence-corrected chi connectivity index (χ4v) is 2.91. The third kappa shape index (κ3) is 3.16. The highest BCUT2D eigenvalue weighted by atomic mass is 35.5. The maximum Gasteiger partial charge on any atom is 0.369 e. The molecule has 1 aromatic carbocycles. The Bertz CT molecular complexity index is 829. The van der Waals surface area contributed by atoms with Crippen LogP contribution in [0.4, 0.5) is 0 Å². The molecule has 3 aromatic rings. The fourth-order valence-electron chi connectivity index (χ4n) is 1.78. The van der Waals surface area contributed by atoms with Gasteiger partial charge in [0.05, 0.1) is 11.6 Å². The predicted octanol–water partition coefficient (Wildman–Crippen LogP) is 2.88. The first-order valence-corrected chi connectivity index (χ1v) is 7.93. The van der Waals surface area contributed by atoms with Crippen LogP contribution in [0.5, 0.6) is 5.75 Å². The molecule has 114 valence electrons. The van der Waals surface area contributed by atoms with E-state index in [0.29, 0.717) is 15.8 Å². The van der Waals surface area contributed by atoms with Crippen molar-refractivity contribution in [2.45, 2.75) is 6.54 Å². The first-order chi connectivity index (χ1) is 10.6. The largest absolute Gasteiger partial charge is 0.490 e. The van der Waals surface area contributed by atoms with Crippen LogP contribution < -0.4 is 10.4 Å². The van der Waals surface area contributed by atoms with Crippen LogP contribution >= 0.6 is 34.5 Å². The van der Waals surface area contributed by atoms with Crippen LogP contribution in [0.25, 0.3) is 5.00 Å². The summed E-state index contributed by atoms with van der Waals surface area (Å²) in [5.41, 5.74) is -0.312. The Hall–Kier alpha value is -1.83. The normalized spacial score (nSPS) is 10.8. The molecule has 22 heavy (non-hydrogen) atoms. The van der Waals surface area contributed by atoms with Crippen molar-refractivity contribution in [3.05, 3.63) is 56.2 Å². The van der Waals surface area contributed by atoms with Gasteiger partial charge in [0.25, 0.3) is 0 Å². The van der Waals surface area contributed by atoms with Crippen molar-refractivity contribution >= 4 is 34.5 Å². The lowest BCUT2D eigenvalue weighted by Crippen LogP contribution is -2.26. The molecule has 0 radical (unpaired) electrons. The quantitative estimate of drug-likeness (QED) is 0.705. The molecule has 0 unspecified atom stereocenters. The Morgan fingerprint density at radius 1 is 1.23 bits per heavy atom. The molecule has 2 heterocycles. The summed E-state index contributed by atoms with van der Waals surface area (Å²) in [4.78, 5) is 12.1. The predicted molar refractivity (Wildman–Crippen MR) is 85.5 cm³/mol. The van der Waals surface area contributed by atoms with Gasteiger partial charge >= 0.3 is 5.69 Å². The molecule has 2 aromatic heterocycles. The van der Waals surface area contributed by atoms with Crippen LogP contribution in [0, 0.1) is 0 Å². The summed E-state index contributed by atoms with van der Waals surface area (Å²) in [6.45, 7) is 0.507. The number of aromatic nitrogens is 4. The van der Waals surface area contributed by atoms with Gasteiger partial charge in [0.1, 0.15) is 17.4 Å². The van der Waals surface area contributed by atoms with E-state index in [2.05, 4.69) is 10.4 Å². The maximum atomic E-state index is 12.1. The third-order valence-corrected chi connectivity index (χ3v) is 4.18. The lowest BCUT2D eigenvalue weighted by Gasteiger charge is -2.07. The molecule has 0 saturated carbocycles. The molecular formula is C13H10Cl2N4O2S. The lowest BCUT2D eigenvalue weighted by molar-refractivity contribution is 0.287. The smallest absolute Gasteiger partial charge is 0.369 e. The Morgan fingerprint density at radius 3 is 2.82 bits per heavy atom. The van der Waals surface area contributed by atoms with Gasteiger partial charge in [-0.05, 0) is 46.1 Å². The van der Waals surface area contributed by atoms with Crippen LogP contribution in [-0.2, 0) is 6.54 Å². The third-order valence-electron chi connectivity index (χ3n) is 2.81. The summed E-state index contributed by atoms with van der Waals surface area (Å²) in [5.74, 6) is 0.504. The van der Waals surface area contributed by atoms with Crippen molar-refractivity contribution in [1.82, 2.24) is 19.8 Å². The Labute approximate surface area is 139 Å². The van der Waals surface area contributed by atoms with Crippen LogP contribution in [0.1, 0.15) is 0 Å². The van der Waals surface area contributed by atoms with Crippen molar-refractivity contribution in [3.8, 4) is 10.8 Å². The van der Waals surface area contributed by atoms with Gasteiger partial charge in [0.15, 0.2) is 0 Å². The minimum atomic E-state index is -0.312. The minimum Gasteiger partial charge on any atom is -0.490 e. The van der Waals surface area contributed by atoms with Crippen LogP contribution in [0.15, 0.2) is 40.5 Å². The Morgan fingerprint density at radius 2 is 2.09 bits per heavy atom. The first kappa shape index (κ1) is 15.1. The van der Waals surface area contributed by atoms with E-state index in [0.717, 1.165) is 5.00 Å². The monoisotopic (exact) mass is 356 g/mol. The molecule has 0 atom stereocenters. The van der Waals surface area contributed by atoms with Crippen LogP contribution in [-0.4, -0.2) is 26.4 Å². The molecule has 3 rings (SSSR count). The molecule has 0 amide bonds. The van der Waals surface area contributed by atoms with E-state index in [9.17, 15) is 4.79 Å². The first-order valence-electron chi connectivity index (χ1n) is 6.30. The molecule has 6 nitrogen and oxygen atoms in total. The zero-order valence-electron chi connectivity index (χ0n) is 11.1. The highest BCUT2D eigenvalue weighted by Crippen LogP contribution is 2.27. The van der Waals surface area contributed by atoms with Crippen molar-refractivity contribution < 1.29 is 4.74 Å². The molecule has 0 aliphatic heterocycles. The summed E-state index contributed by atoms with van der Waals surface area (Å²) in [5, 5.41) is 11.2. The maximum absolute atomic E-state index is 12.1. The van der Waals surface area contributed by atoms with Crippen molar-refractivity contribution in [1.29, 1.82) is 0 Å². The number of rotatable bonds is 5. The zero-order valence-corrected chi connectivity index (χ0v) is 13.5. The number of halogens is 2. The molecule has 0 aliphatic carbocycles. The van der Waals surface area contributed by atoms with E-state index < -0.39 is 0 Å². The van der Waals surface area contributed by atoms with Gasteiger partial charge in [0.2, 0.25) is 0 Å². The average molecular weight is 357 g/mol. The van der Waals surface area contributed by atoms with E-state index in [4.69, 9.17) is 27.9 Å². The van der Waals surface area contributed by atoms with Crippen LogP contribution in [0.2, 0.25) is 10.0 Å². The average Bonchev–Trinajstić information content (AvgIpc) is 3.12. The topological polar surface area (TPSA) is 61.9 Å². The summed E-state index contributed by atoms with van der Waals surface area (Å²) < 4.78 is 8.02. The number of thiophene rings is 1. The minimum absolute atomic E-state index is 0.240. The molecule has 0 saturated heterocycles. The molecule has 0 aliphatic rings. The van der Waals surface area contributed by atoms with E-state index in [1.807, 2.05) is 11.4 Å². The number of hydrogen-bond donors (Lipinski definition) is 0. The van der Waals surface area contributed by atoms with Gasteiger partial charge in [-0.15, -0.1) is 11.3 Å². The van der Waals surface area contributed by atoms with Gasteiger partial charge in [0, 0.05) is 5.02 Å². The second kappa shape index (κ2) is 6.51. The summed E-state index contributed by atoms with van der Waals surface area (Å²) in [7, 11) is 0. The Kier molecular flexibility index (Phi) is 4.47. The summed E-state index contributed by atoms with van der Waals surface area (Å²) in [6, 6.07) is 8.60. The van der Waals surface area contributed by atoms with Crippen LogP contribution in [0.3, 0.4) is 0 Å². The number of benzene rings is 1. The molecule has 0 bridgehead atoms. The summed E-state index contributed by atoms with van der Waals surface area (Å²) >= 11 is 13.2. The fraction of sp³-hybridized carbons (Fsp3) is 0.154. The van der Waals surface area contributed by atoms with Gasteiger partial charge in [-0.1, -0.05) is 23.2 Å². The van der Waals surface area contributed by atoms with Crippen molar-refractivity contribution in [2.75, 3.05) is 6.61 Å². The molecule has 0 fully saturated rings. The number of hydrogen-bond acceptors (Lipinski definition) is 5. The molecular weight excluding hydrogens is 347 g/mol. The second-order valence-electron chi connectivity index (χ2n) is 4.27. The SMILES string of the molecule is O=c1n(CCOc2ccc(Cl)cc2Cl)nnn1-c1cccs1.